The van der Waals surface area contributed by atoms with Crippen molar-refractivity contribution in [2.75, 3.05) is 30.0 Å². The average molecular weight is 378 g/mol. The molecule has 0 spiro atoms. The van der Waals surface area contributed by atoms with Gasteiger partial charge in [-0.3, -0.25) is 4.79 Å². The van der Waals surface area contributed by atoms with Crippen molar-refractivity contribution in [3.05, 3.63) is 24.0 Å². The highest BCUT2D eigenvalue weighted by molar-refractivity contribution is 5.94. The van der Waals surface area contributed by atoms with Gasteiger partial charge in [0.1, 0.15) is 11.9 Å². The molecule has 150 valence electrons. The molecule has 1 aromatic carbocycles. The number of halogens is 1. The lowest BCUT2D eigenvalue weighted by Gasteiger charge is -2.30. The van der Waals surface area contributed by atoms with Crippen LogP contribution in [0.2, 0.25) is 0 Å². The first-order chi connectivity index (χ1) is 13.0. The number of hydrogen-bond acceptors (Lipinski definition) is 4. The number of carbonyl (C=O) groups excluding carboxylic acids is 1. The summed E-state index contributed by atoms with van der Waals surface area (Å²) in [6.45, 7) is 8.09. The van der Waals surface area contributed by atoms with E-state index < -0.39 is 6.10 Å². The van der Waals surface area contributed by atoms with Crippen LogP contribution in [-0.2, 0) is 14.3 Å². The zero-order valence-electron chi connectivity index (χ0n) is 16.5. The molecule has 1 amide bonds. The molecule has 27 heavy (non-hydrogen) atoms. The highest BCUT2D eigenvalue weighted by Gasteiger charge is 2.29. The molecule has 5 nitrogen and oxygen atoms in total. The number of nitrogens with one attached hydrogen (secondary N) is 1. The molecule has 3 atom stereocenters. The SMILES string of the molecule is CC(C)[C@H]1CCCN1c1ccc(NC(=O)[C@H](C)OC[C@@H]2CCCO2)cc1F. The Labute approximate surface area is 161 Å². The van der Waals surface area contributed by atoms with Crippen molar-refractivity contribution < 1.29 is 18.7 Å². The van der Waals surface area contributed by atoms with Gasteiger partial charge in [0, 0.05) is 24.9 Å². The molecule has 0 saturated carbocycles. The molecule has 0 radical (unpaired) electrons. The summed E-state index contributed by atoms with van der Waals surface area (Å²) in [6.07, 6.45) is 3.64. The zero-order chi connectivity index (χ0) is 19.4. The Kier molecular flexibility index (Phi) is 6.71. The second-order valence-corrected chi connectivity index (χ2v) is 7.91. The van der Waals surface area contributed by atoms with Crippen LogP contribution < -0.4 is 10.2 Å². The topological polar surface area (TPSA) is 50.8 Å². The Bertz CT molecular complexity index is 646. The van der Waals surface area contributed by atoms with Gasteiger partial charge < -0.3 is 19.7 Å². The van der Waals surface area contributed by atoms with Crippen LogP contribution in [0.15, 0.2) is 18.2 Å². The van der Waals surface area contributed by atoms with E-state index in [1.54, 1.807) is 19.1 Å². The van der Waals surface area contributed by atoms with Crippen LogP contribution in [0.4, 0.5) is 15.8 Å². The summed E-state index contributed by atoms with van der Waals surface area (Å²) in [5.74, 6) is -0.0946. The van der Waals surface area contributed by atoms with E-state index in [9.17, 15) is 9.18 Å². The predicted molar refractivity (Wildman–Crippen MR) is 105 cm³/mol. The van der Waals surface area contributed by atoms with Gasteiger partial charge in [-0.05, 0) is 56.7 Å². The monoisotopic (exact) mass is 378 g/mol. The molecule has 0 bridgehead atoms. The van der Waals surface area contributed by atoms with Crippen LogP contribution in [0, 0.1) is 11.7 Å². The van der Waals surface area contributed by atoms with E-state index in [0.29, 0.717) is 29.9 Å². The number of hydrogen-bond donors (Lipinski definition) is 1. The van der Waals surface area contributed by atoms with Crippen LogP contribution in [-0.4, -0.2) is 43.9 Å². The first-order valence-electron chi connectivity index (χ1n) is 10.1. The van der Waals surface area contributed by atoms with E-state index in [4.69, 9.17) is 9.47 Å². The van der Waals surface area contributed by atoms with E-state index in [1.165, 1.54) is 6.07 Å². The van der Waals surface area contributed by atoms with Gasteiger partial charge in [-0.1, -0.05) is 13.8 Å². The number of nitrogens with zero attached hydrogens (tertiary/aromatic N) is 1. The fourth-order valence-electron chi connectivity index (χ4n) is 3.95. The van der Waals surface area contributed by atoms with Gasteiger partial charge in [0.2, 0.25) is 0 Å². The first kappa shape index (κ1) is 20.1. The highest BCUT2D eigenvalue weighted by Crippen LogP contribution is 2.32. The molecule has 6 heteroatoms. The summed E-state index contributed by atoms with van der Waals surface area (Å²) < 4.78 is 25.8. The van der Waals surface area contributed by atoms with Crippen LogP contribution in [0.5, 0.6) is 0 Å². The molecule has 3 rings (SSSR count). The minimum absolute atomic E-state index is 0.0753. The van der Waals surface area contributed by atoms with Crippen LogP contribution in [0.3, 0.4) is 0 Å². The molecule has 2 aliphatic rings. The van der Waals surface area contributed by atoms with Crippen molar-refractivity contribution >= 4 is 17.3 Å². The molecular weight excluding hydrogens is 347 g/mol. The third kappa shape index (κ3) is 4.99. The van der Waals surface area contributed by atoms with Crippen LogP contribution >= 0.6 is 0 Å². The second kappa shape index (κ2) is 9.02. The van der Waals surface area contributed by atoms with Gasteiger partial charge in [0.25, 0.3) is 5.91 Å². The van der Waals surface area contributed by atoms with Gasteiger partial charge in [-0.2, -0.15) is 0 Å². The standard InChI is InChI=1S/C21H31FN2O3/c1-14(2)19-7-4-10-24(19)20-9-8-16(12-18(20)22)23-21(25)15(3)27-13-17-6-5-11-26-17/h8-9,12,14-15,17,19H,4-7,10-11,13H2,1-3H3,(H,23,25)/t15-,17-,19+/m0/s1. The van der Waals surface area contributed by atoms with Crippen LogP contribution in [0.25, 0.3) is 0 Å². The van der Waals surface area contributed by atoms with E-state index in [1.807, 2.05) is 0 Å². The van der Waals surface area contributed by atoms with Crippen molar-refractivity contribution in [3.8, 4) is 0 Å². The number of amides is 1. The second-order valence-electron chi connectivity index (χ2n) is 7.91. The quantitative estimate of drug-likeness (QED) is 0.780. The maximum Gasteiger partial charge on any atom is 0.253 e. The molecule has 2 aliphatic heterocycles. The lowest BCUT2D eigenvalue weighted by Crippen LogP contribution is -2.34. The van der Waals surface area contributed by atoms with Gasteiger partial charge in [-0.25, -0.2) is 4.39 Å². The van der Waals surface area contributed by atoms with Crippen molar-refractivity contribution in [3.63, 3.8) is 0 Å². The normalized spacial score (nSPS) is 23.8. The molecule has 0 unspecified atom stereocenters. The molecule has 2 saturated heterocycles. The minimum atomic E-state index is -0.610. The summed E-state index contributed by atoms with van der Waals surface area (Å²) in [6, 6.07) is 5.30. The summed E-state index contributed by atoms with van der Waals surface area (Å²) in [5, 5.41) is 2.75. The number of benzene rings is 1. The number of anilines is 2. The Morgan fingerprint density at radius 1 is 1.33 bits per heavy atom. The summed E-state index contributed by atoms with van der Waals surface area (Å²) in [7, 11) is 0. The van der Waals surface area contributed by atoms with E-state index in [2.05, 4.69) is 24.1 Å². The third-order valence-corrected chi connectivity index (χ3v) is 5.52. The Morgan fingerprint density at radius 3 is 2.81 bits per heavy atom. The Hall–Kier alpha value is -1.66. The van der Waals surface area contributed by atoms with Crippen molar-refractivity contribution in [2.45, 2.75) is 64.7 Å². The van der Waals surface area contributed by atoms with Crippen molar-refractivity contribution in [1.29, 1.82) is 0 Å². The lowest BCUT2D eigenvalue weighted by molar-refractivity contribution is -0.128. The minimum Gasteiger partial charge on any atom is -0.376 e. The van der Waals surface area contributed by atoms with E-state index in [0.717, 1.165) is 38.8 Å². The smallest absolute Gasteiger partial charge is 0.253 e. The van der Waals surface area contributed by atoms with Crippen molar-refractivity contribution in [2.24, 2.45) is 5.92 Å². The third-order valence-electron chi connectivity index (χ3n) is 5.52. The average Bonchev–Trinajstić information content (AvgIpc) is 3.31. The van der Waals surface area contributed by atoms with E-state index >= 15 is 0 Å². The summed E-state index contributed by atoms with van der Waals surface area (Å²) in [5.41, 5.74) is 1.07. The summed E-state index contributed by atoms with van der Waals surface area (Å²) in [4.78, 5) is 14.5. The summed E-state index contributed by atoms with van der Waals surface area (Å²) >= 11 is 0. The van der Waals surface area contributed by atoms with Gasteiger partial charge >= 0.3 is 0 Å². The number of rotatable bonds is 7. The highest BCUT2D eigenvalue weighted by atomic mass is 19.1. The molecule has 1 N–H and O–H groups in total. The Balaban J connectivity index is 1.57. The molecule has 2 heterocycles. The molecule has 1 aromatic rings. The molecule has 2 fully saturated rings. The van der Waals surface area contributed by atoms with Gasteiger partial charge in [-0.15, -0.1) is 0 Å². The predicted octanol–water partition coefficient (Wildman–Crippen LogP) is 3.97. The molecule has 0 aliphatic carbocycles. The van der Waals surface area contributed by atoms with Crippen molar-refractivity contribution in [1.82, 2.24) is 0 Å². The fourth-order valence-corrected chi connectivity index (χ4v) is 3.95. The molecule has 0 aromatic heterocycles. The fraction of sp³-hybridized carbons (Fsp3) is 0.667. The molecular formula is C21H31FN2O3. The largest absolute Gasteiger partial charge is 0.376 e. The van der Waals surface area contributed by atoms with E-state index in [-0.39, 0.29) is 17.8 Å². The van der Waals surface area contributed by atoms with Crippen LogP contribution in [0.1, 0.15) is 46.5 Å². The Morgan fingerprint density at radius 2 is 2.15 bits per heavy atom. The number of ether oxygens (including phenoxy) is 2. The van der Waals surface area contributed by atoms with Gasteiger partial charge in [0.15, 0.2) is 0 Å². The maximum atomic E-state index is 14.7. The maximum absolute atomic E-state index is 14.7. The lowest BCUT2D eigenvalue weighted by atomic mass is 10.0. The van der Waals surface area contributed by atoms with Gasteiger partial charge in [0.05, 0.1) is 18.4 Å². The number of carbonyl (C=O) groups is 1. The first-order valence-corrected chi connectivity index (χ1v) is 10.1. The zero-order valence-corrected chi connectivity index (χ0v) is 16.5.